The van der Waals surface area contributed by atoms with Gasteiger partial charge in [-0.1, -0.05) is 36.4 Å². The molecule has 4 rings (SSSR count). The highest BCUT2D eigenvalue weighted by atomic mass is 16.2. The molecular weight excluding hydrogens is 366 g/mol. The Hall–Kier alpha value is -3.61. The molecule has 7 heteroatoms. The Bertz CT molecular complexity index is 1010. The molecule has 1 aliphatic rings. The van der Waals surface area contributed by atoms with E-state index in [1.165, 1.54) is 16.4 Å². The number of carbonyl (C=O) groups is 1. The number of para-hydroxylation sites is 2. The largest absolute Gasteiger partial charge is 0.368 e. The van der Waals surface area contributed by atoms with Gasteiger partial charge in [0.1, 0.15) is 12.4 Å². The lowest BCUT2D eigenvalue weighted by Crippen LogP contribution is -2.47. The molecule has 0 radical (unpaired) electrons. The zero-order chi connectivity index (χ0) is 20.1. The summed E-state index contributed by atoms with van der Waals surface area (Å²) in [5, 5.41) is 7.21. The molecule has 29 heavy (non-hydrogen) atoms. The lowest BCUT2D eigenvalue weighted by atomic mass is 10.2. The molecule has 3 aromatic rings. The Morgan fingerprint density at radius 2 is 1.45 bits per heavy atom. The molecule has 0 spiro atoms. The fourth-order valence-corrected chi connectivity index (χ4v) is 3.41. The zero-order valence-corrected chi connectivity index (χ0v) is 16.1. The summed E-state index contributed by atoms with van der Waals surface area (Å²) in [4.78, 5) is 28.9. The lowest BCUT2D eigenvalue weighted by molar-refractivity contribution is -0.117. The Morgan fingerprint density at radius 3 is 2.14 bits per heavy atom. The van der Waals surface area contributed by atoms with Crippen LogP contribution in [0.2, 0.25) is 0 Å². The van der Waals surface area contributed by atoms with Gasteiger partial charge in [-0.2, -0.15) is 5.10 Å². The second-order valence-electron chi connectivity index (χ2n) is 6.91. The molecule has 1 aliphatic heterocycles. The highest BCUT2D eigenvalue weighted by Crippen LogP contribution is 2.18. The molecule has 0 atom stereocenters. The number of benzene rings is 2. The third-order valence-corrected chi connectivity index (χ3v) is 4.93. The van der Waals surface area contributed by atoms with Gasteiger partial charge in [0.25, 0.3) is 5.56 Å². The molecule has 0 aliphatic carbocycles. The first-order chi connectivity index (χ1) is 14.2. The van der Waals surface area contributed by atoms with Gasteiger partial charge < -0.3 is 15.1 Å². The minimum absolute atomic E-state index is 0.119. The van der Waals surface area contributed by atoms with E-state index in [9.17, 15) is 9.59 Å². The van der Waals surface area contributed by atoms with Crippen LogP contribution in [0.4, 0.5) is 17.2 Å². The van der Waals surface area contributed by atoms with Crippen molar-refractivity contribution in [2.24, 2.45) is 0 Å². The highest BCUT2D eigenvalue weighted by Gasteiger charge is 2.19. The highest BCUT2D eigenvalue weighted by molar-refractivity contribution is 5.90. The van der Waals surface area contributed by atoms with Crippen LogP contribution in [0, 0.1) is 0 Å². The molecular formula is C22H23N5O2. The van der Waals surface area contributed by atoms with Crippen LogP contribution in [0.1, 0.15) is 0 Å². The summed E-state index contributed by atoms with van der Waals surface area (Å²) in [6, 6.07) is 22.7. The molecule has 2 heterocycles. The van der Waals surface area contributed by atoms with Crippen LogP contribution in [-0.2, 0) is 11.3 Å². The average Bonchev–Trinajstić information content (AvgIpc) is 2.77. The molecule has 0 unspecified atom stereocenters. The molecule has 1 amide bonds. The molecule has 7 nitrogen and oxygen atoms in total. The van der Waals surface area contributed by atoms with Crippen molar-refractivity contribution < 1.29 is 4.79 Å². The summed E-state index contributed by atoms with van der Waals surface area (Å²) in [7, 11) is 0. The Kier molecular flexibility index (Phi) is 5.56. The molecule has 0 bridgehead atoms. The summed E-state index contributed by atoms with van der Waals surface area (Å²) >= 11 is 0. The second kappa shape index (κ2) is 8.60. The first-order valence-corrected chi connectivity index (χ1v) is 9.67. The van der Waals surface area contributed by atoms with Gasteiger partial charge in [0.2, 0.25) is 5.91 Å². The normalized spacial score (nSPS) is 13.9. The number of hydrogen-bond donors (Lipinski definition) is 1. The van der Waals surface area contributed by atoms with Crippen molar-refractivity contribution in [3.63, 3.8) is 0 Å². The third kappa shape index (κ3) is 4.63. The molecule has 148 valence electrons. The fourth-order valence-electron chi connectivity index (χ4n) is 3.41. The molecule has 1 N–H and O–H groups in total. The molecule has 0 saturated carbocycles. The minimum Gasteiger partial charge on any atom is -0.368 e. The van der Waals surface area contributed by atoms with Crippen molar-refractivity contribution in [2.75, 3.05) is 41.3 Å². The van der Waals surface area contributed by atoms with E-state index in [1.807, 2.05) is 36.4 Å². The van der Waals surface area contributed by atoms with E-state index in [0.717, 1.165) is 26.2 Å². The number of piperazine rings is 1. The van der Waals surface area contributed by atoms with Crippen LogP contribution in [-0.4, -0.2) is 41.9 Å². The van der Waals surface area contributed by atoms with E-state index in [4.69, 9.17) is 0 Å². The standard InChI is InChI=1S/C22H23N5O2/c28-21(23-18-7-3-1-4-8-18)17-27-22(29)12-11-20(24-27)26-15-13-25(14-16-26)19-9-5-2-6-10-19/h1-12H,13-17H2,(H,23,28). The van der Waals surface area contributed by atoms with Crippen molar-refractivity contribution in [3.8, 4) is 0 Å². The van der Waals surface area contributed by atoms with Crippen LogP contribution in [0.3, 0.4) is 0 Å². The van der Waals surface area contributed by atoms with E-state index in [-0.39, 0.29) is 18.0 Å². The summed E-state index contributed by atoms with van der Waals surface area (Å²) in [5.41, 5.74) is 1.61. The van der Waals surface area contributed by atoms with Crippen LogP contribution in [0.5, 0.6) is 0 Å². The Balaban J connectivity index is 1.41. The van der Waals surface area contributed by atoms with Crippen molar-refractivity contribution in [3.05, 3.63) is 83.2 Å². The SMILES string of the molecule is O=C(Cn1nc(N2CCN(c3ccccc3)CC2)ccc1=O)Nc1ccccc1. The fraction of sp³-hybridized carbons (Fsp3) is 0.227. The van der Waals surface area contributed by atoms with Gasteiger partial charge in [-0.15, -0.1) is 0 Å². The van der Waals surface area contributed by atoms with Crippen molar-refractivity contribution in [1.82, 2.24) is 9.78 Å². The van der Waals surface area contributed by atoms with Gasteiger partial charge >= 0.3 is 0 Å². The number of anilines is 3. The summed E-state index contributed by atoms with van der Waals surface area (Å²) in [5.74, 6) is 0.432. The molecule has 1 fully saturated rings. The molecule has 2 aromatic carbocycles. The van der Waals surface area contributed by atoms with E-state index < -0.39 is 0 Å². The number of rotatable bonds is 5. The maximum atomic E-state index is 12.3. The first kappa shape index (κ1) is 18.7. The van der Waals surface area contributed by atoms with Crippen LogP contribution in [0.15, 0.2) is 77.6 Å². The molecule has 1 saturated heterocycles. The Morgan fingerprint density at radius 1 is 0.828 bits per heavy atom. The van der Waals surface area contributed by atoms with Crippen LogP contribution >= 0.6 is 0 Å². The van der Waals surface area contributed by atoms with Crippen LogP contribution < -0.4 is 20.7 Å². The maximum Gasteiger partial charge on any atom is 0.267 e. The van der Waals surface area contributed by atoms with E-state index >= 15 is 0 Å². The van der Waals surface area contributed by atoms with Gasteiger partial charge in [0.05, 0.1) is 0 Å². The van der Waals surface area contributed by atoms with E-state index in [1.54, 1.807) is 18.2 Å². The van der Waals surface area contributed by atoms with Gasteiger partial charge in [-0.25, -0.2) is 4.68 Å². The third-order valence-electron chi connectivity index (χ3n) is 4.93. The quantitative estimate of drug-likeness (QED) is 0.725. The number of aromatic nitrogens is 2. The van der Waals surface area contributed by atoms with Crippen molar-refractivity contribution >= 4 is 23.1 Å². The van der Waals surface area contributed by atoms with Gasteiger partial charge in [-0.05, 0) is 30.3 Å². The summed E-state index contributed by atoms with van der Waals surface area (Å²) in [6.45, 7) is 3.23. The Labute approximate surface area is 169 Å². The average molecular weight is 389 g/mol. The predicted octanol–water partition coefficient (Wildman–Crippen LogP) is 2.21. The maximum absolute atomic E-state index is 12.3. The van der Waals surface area contributed by atoms with E-state index in [0.29, 0.717) is 11.5 Å². The summed E-state index contributed by atoms with van der Waals surface area (Å²) < 4.78 is 1.22. The number of nitrogens with zero attached hydrogens (tertiary/aromatic N) is 4. The zero-order valence-electron chi connectivity index (χ0n) is 16.1. The lowest BCUT2D eigenvalue weighted by Gasteiger charge is -2.36. The van der Waals surface area contributed by atoms with E-state index in [2.05, 4.69) is 32.3 Å². The smallest absolute Gasteiger partial charge is 0.267 e. The predicted molar refractivity (Wildman–Crippen MR) is 114 cm³/mol. The monoisotopic (exact) mass is 389 g/mol. The number of amides is 1. The van der Waals surface area contributed by atoms with Crippen LogP contribution in [0.25, 0.3) is 0 Å². The topological polar surface area (TPSA) is 70.5 Å². The van der Waals surface area contributed by atoms with Gasteiger partial charge in [0.15, 0.2) is 0 Å². The van der Waals surface area contributed by atoms with Crippen molar-refractivity contribution in [1.29, 1.82) is 0 Å². The van der Waals surface area contributed by atoms with Gasteiger partial charge in [0, 0.05) is 43.6 Å². The number of hydrogen-bond acceptors (Lipinski definition) is 5. The first-order valence-electron chi connectivity index (χ1n) is 9.67. The molecule has 1 aromatic heterocycles. The number of nitrogens with one attached hydrogen (secondary N) is 1. The second-order valence-corrected chi connectivity index (χ2v) is 6.91. The minimum atomic E-state index is -0.292. The summed E-state index contributed by atoms with van der Waals surface area (Å²) in [6.07, 6.45) is 0. The van der Waals surface area contributed by atoms with Gasteiger partial charge in [-0.3, -0.25) is 9.59 Å². The van der Waals surface area contributed by atoms with Crippen molar-refractivity contribution in [2.45, 2.75) is 6.54 Å². The number of carbonyl (C=O) groups excluding carboxylic acids is 1.